The topological polar surface area (TPSA) is 478 Å². The number of aromatic nitrogens is 1. The van der Waals surface area contributed by atoms with Gasteiger partial charge in [-0.15, -0.1) is 0 Å². The molecule has 2 bridgehead atoms. The SMILES string of the molecule is CC[C@H](C)[C@@H]1NC(=O)CNC(=O)[C@H]2Cc3c([nH]c4c(N5CCC(CCNC(=O)CCCCCNC(=O)CON)CC5)c(O)ccc34)S(=O)C[C@@H](NC(=O)CNC1=O)C(=O)N[C@@H](CC(N)=O)C(=O)N1C[C@H](O)C[C@H]1C(=O)N[C@@H]([C@H](C)[C@H](O)CO)C(=O)N2. The zero-order valence-electron chi connectivity index (χ0n) is 48.4. The van der Waals surface area contributed by atoms with E-state index in [0.717, 1.165) is 4.90 Å². The quantitative estimate of drug-likeness (QED) is 0.0461. The monoisotopic (exact) mass is 1230 g/mol. The molecule has 32 heteroatoms. The molecule has 0 radical (unpaired) electrons. The van der Waals surface area contributed by atoms with Gasteiger partial charge in [-0.1, -0.05) is 33.6 Å². The molecule has 5 heterocycles. The van der Waals surface area contributed by atoms with Gasteiger partial charge < -0.3 is 88.8 Å². The number of unbranched alkanes of at least 4 members (excludes halogenated alkanes) is 2. The second-order valence-corrected chi connectivity index (χ2v) is 23.7. The van der Waals surface area contributed by atoms with Crippen molar-refractivity contribution in [3.8, 4) is 5.75 Å². The number of carbonyl (C=O) groups is 11. The number of nitrogens with two attached hydrogens (primary N) is 2. The van der Waals surface area contributed by atoms with E-state index in [1.54, 1.807) is 13.8 Å². The van der Waals surface area contributed by atoms with Crippen molar-refractivity contribution < 1.29 is 82.2 Å². The summed E-state index contributed by atoms with van der Waals surface area (Å²) in [4.78, 5) is 161. The van der Waals surface area contributed by atoms with Crippen LogP contribution in [-0.4, -0.2) is 213 Å². The van der Waals surface area contributed by atoms with E-state index in [1.165, 1.54) is 19.1 Å². The number of phenols is 1. The second kappa shape index (κ2) is 31.7. The predicted molar refractivity (Wildman–Crippen MR) is 306 cm³/mol. The van der Waals surface area contributed by atoms with Crippen LogP contribution in [0.4, 0.5) is 5.69 Å². The summed E-state index contributed by atoms with van der Waals surface area (Å²) in [6.45, 7) is 2.98. The molecule has 2 saturated heterocycles. The number of anilines is 1. The molecule has 1 aromatic heterocycles. The van der Waals surface area contributed by atoms with Crippen molar-refractivity contribution in [1.29, 1.82) is 0 Å². The van der Waals surface area contributed by atoms with Gasteiger partial charge in [-0.3, -0.25) is 61.8 Å². The van der Waals surface area contributed by atoms with Gasteiger partial charge in [0.25, 0.3) is 0 Å². The number of fused-ring (bicyclic) bond motifs is 5. The fraction of sp³-hybridized carbons (Fsp3) is 0.648. The number of nitrogens with zero attached hydrogens (tertiary/aromatic N) is 2. The molecule has 2 fully saturated rings. The lowest BCUT2D eigenvalue weighted by Crippen LogP contribution is -2.62. The van der Waals surface area contributed by atoms with Crippen molar-refractivity contribution in [2.75, 3.05) is 69.7 Å². The molecule has 11 amide bonds. The Kier molecular flexibility index (Phi) is 25.0. The maximum atomic E-state index is 15.3. The number of aromatic amines is 1. The van der Waals surface area contributed by atoms with E-state index in [4.69, 9.17) is 11.6 Å². The van der Waals surface area contributed by atoms with Crippen LogP contribution < -0.4 is 64.4 Å². The first kappa shape index (κ1) is 67.6. The van der Waals surface area contributed by atoms with Gasteiger partial charge in [-0.05, 0) is 61.6 Å². The largest absolute Gasteiger partial charge is 0.506 e. The van der Waals surface area contributed by atoms with Crippen LogP contribution in [0.2, 0.25) is 0 Å². The second-order valence-electron chi connectivity index (χ2n) is 22.3. The van der Waals surface area contributed by atoms with Crippen LogP contribution in [0.3, 0.4) is 0 Å². The average molecular weight is 1230 g/mol. The number of phenolic OH excluding ortho intramolecular Hbond substituents is 1. The first-order chi connectivity index (χ1) is 40.9. The molecule has 11 atom stereocenters. The number of benzene rings is 1. The van der Waals surface area contributed by atoms with E-state index in [0.29, 0.717) is 77.5 Å². The zero-order chi connectivity index (χ0) is 62.9. The highest BCUT2D eigenvalue weighted by Gasteiger charge is 2.45. The Morgan fingerprint density at radius 3 is 2.19 bits per heavy atom. The van der Waals surface area contributed by atoms with Crippen LogP contribution in [0, 0.1) is 17.8 Å². The number of H-pyrrole nitrogens is 1. The summed E-state index contributed by atoms with van der Waals surface area (Å²) in [7, 11) is -2.49. The van der Waals surface area contributed by atoms with Gasteiger partial charge in [-0.2, -0.15) is 0 Å². The van der Waals surface area contributed by atoms with Crippen molar-refractivity contribution in [1.82, 2.24) is 57.7 Å². The third kappa shape index (κ3) is 18.0. The van der Waals surface area contributed by atoms with Crippen molar-refractivity contribution in [2.24, 2.45) is 29.4 Å². The molecule has 1 aromatic carbocycles. The van der Waals surface area contributed by atoms with Crippen molar-refractivity contribution >= 4 is 92.4 Å². The number of hydrogen-bond acceptors (Lipinski definition) is 19. The number of carbonyl (C=O) groups excluding carboxylic acids is 11. The number of primary amides is 1. The Balaban J connectivity index is 1.41. The lowest BCUT2D eigenvalue weighted by molar-refractivity contribution is -0.144. The Labute approximate surface area is 498 Å². The van der Waals surface area contributed by atoms with Gasteiger partial charge in [-0.25, -0.2) is 5.90 Å². The summed E-state index contributed by atoms with van der Waals surface area (Å²) in [6.07, 6.45) is -0.469. The van der Waals surface area contributed by atoms with E-state index < -0.39 is 176 Å². The number of aliphatic hydroxyl groups excluding tert-OH is 3. The highest BCUT2D eigenvalue weighted by atomic mass is 32.2. The van der Waals surface area contributed by atoms with Gasteiger partial charge in [0.15, 0.2) is 0 Å². The fourth-order valence-corrected chi connectivity index (χ4v) is 12.4. The molecule has 0 aliphatic carbocycles. The number of piperidine rings is 1. The summed E-state index contributed by atoms with van der Waals surface area (Å²) < 4.78 is 15.3. The standard InChI is InChI=1S/C54H82N14O17S/c1-4-27(2)44-51(81)60-21-41(75)61-35-26-86(84)53-32(31-9-10-37(71)47(46(31)66-53)67-16-12-29(13-17-67)11-15-58-40(74)8-6-5-7-14-57-43(77)25-85-56)19-33(48(78)59-22-42(76)64-44)62-52(82)45(28(3)38(72)24-69)65-50(80)36-18-30(70)23-68(36)54(83)34(20-39(55)73)63-49(35)79/h9-10,27-30,33-36,38,44-45,66,69-72H,4-8,11-26,56H2,1-3H3,(H2,55,73)(H,57,77)(H,58,74)(H,59,78)(H,60,81)(H,61,75)(H,62,82)(H,63,79)(H,64,76)(H,65,80)/t27-,28+,30+,33+,34-,35+,36-,38+,44-,45-,86?/m0/s1. The molecule has 476 valence electrons. The molecule has 1 unspecified atom stereocenters. The number of hydrogen-bond donors (Lipinski definition) is 16. The van der Waals surface area contributed by atoms with Crippen LogP contribution in [0.15, 0.2) is 17.2 Å². The van der Waals surface area contributed by atoms with Gasteiger partial charge in [0.05, 0.1) is 60.4 Å². The van der Waals surface area contributed by atoms with E-state index in [2.05, 4.69) is 57.7 Å². The van der Waals surface area contributed by atoms with E-state index in [1.807, 2.05) is 4.90 Å². The highest BCUT2D eigenvalue weighted by Crippen LogP contribution is 2.41. The molecule has 0 spiro atoms. The summed E-state index contributed by atoms with van der Waals surface area (Å²) in [5, 5.41) is 66.7. The molecule has 18 N–H and O–H groups in total. The number of nitrogens with one attached hydrogen (secondary N) is 10. The molecule has 2 aromatic rings. The Bertz CT molecular complexity index is 2850. The first-order valence-electron chi connectivity index (χ1n) is 28.9. The molecule has 6 rings (SSSR count). The van der Waals surface area contributed by atoms with Gasteiger partial charge in [0.2, 0.25) is 65.0 Å². The molecular weight excluding hydrogens is 1150 g/mol. The summed E-state index contributed by atoms with van der Waals surface area (Å²) in [5.41, 5.74) is 6.07. The van der Waals surface area contributed by atoms with Crippen LogP contribution in [-0.2, 0) is 74.8 Å². The molecule has 0 saturated carbocycles. The summed E-state index contributed by atoms with van der Waals surface area (Å²) in [5.74, 6) is -7.76. The minimum atomic E-state index is -2.49. The molecular formula is C54H82N14O17S. The third-order valence-electron chi connectivity index (χ3n) is 16.1. The zero-order valence-corrected chi connectivity index (χ0v) is 49.2. The van der Waals surface area contributed by atoms with Gasteiger partial charge in [0, 0.05) is 63.3 Å². The molecule has 86 heavy (non-hydrogen) atoms. The molecule has 4 aliphatic heterocycles. The predicted octanol–water partition coefficient (Wildman–Crippen LogP) is -5.63. The first-order valence-corrected chi connectivity index (χ1v) is 30.2. The summed E-state index contributed by atoms with van der Waals surface area (Å²) >= 11 is 0. The minimum absolute atomic E-state index is 0.0534. The number of aliphatic hydroxyl groups is 3. The van der Waals surface area contributed by atoms with E-state index >= 15 is 4.21 Å². The van der Waals surface area contributed by atoms with Crippen molar-refractivity contribution in [3.05, 3.63) is 17.7 Å². The normalized spacial score (nSPS) is 25.4. The maximum Gasteiger partial charge on any atom is 0.248 e. The number of amides is 11. The fourth-order valence-electron chi connectivity index (χ4n) is 11.0. The molecule has 4 aliphatic rings. The lowest BCUT2D eigenvalue weighted by atomic mass is 9.92. The van der Waals surface area contributed by atoms with Crippen LogP contribution in [0.1, 0.15) is 90.5 Å². The van der Waals surface area contributed by atoms with Crippen LogP contribution in [0.25, 0.3) is 10.9 Å². The van der Waals surface area contributed by atoms with Crippen LogP contribution >= 0.6 is 0 Å². The van der Waals surface area contributed by atoms with Crippen molar-refractivity contribution in [2.45, 2.75) is 145 Å². The Hall–Kier alpha value is -7.52. The number of rotatable bonds is 19. The summed E-state index contributed by atoms with van der Waals surface area (Å²) in [6, 6.07) is -7.44. The van der Waals surface area contributed by atoms with E-state index in [9.17, 15) is 73.2 Å². The smallest absolute Gasteiger partial charge is 0.248 e. The van der Waals surface area contributed by atoms with Gasteiger partial charge >= 0.3 is 0 Å². The molecule has 31 nitrogen and oxygen atoms in total. The lowest BCUT2D eigenvalue weighted by Gasteiger charge is -2.34. The average Bonchev–Trinajstić information content (AvgIpc) is 1.72. The van der Waals surface area contributed by atoms with Gasteiger partial charge in [0.1, 0.15) is 59.3 Å². The Morgan fingerprint density at radius 1 is 0.826 bits per heavy atom. The number of aromatic hydroxyl groups is 1. The minimum Gasteiger partial charge on any atom is -0.506 e. The highest BCUT2D eigenvalue weighted by molar-refractivity contribution is 7.85. The van der Waals surface area contributed by atoms with Crippen molar-refractivity contribution in [3.63, 3.8) is 0 Å². The maximum absolute atomic E-state index is 15.3. The van der Waals surface area contributed by atoms with Crippen LogP contribution in [0.5, 0.6) is 5.75 Å². The van der Waals surface area contributed by atoms with E-state index in [-0.39, 0.29) is 57.3 Å². The third-order valence-corrected chi connectivity index (χ3v) is 17.5. The Morgan fingerprint density at radius 2 is 1.51 bits per heavy atom.